The quantitative estimate of drug-likeness (QED) is 0.446. The molecule has 0 saturated carbocycles. The van der Waals surface area contributed by atoms with Gasteiger partial charge in [-0.3, -0.25) is 0 Å². The van der Waals surface area contributed by atoms with Gasteiger partial charge in [0.2, 0.25) is 5.29 Å². The van der Waals surface area contributed by atoms with Gasteiger partial charge in [0.1, 0.15) is 5.50 Å². The van der Waals surface area contributed by atoms with Crippen LogP contribution in [0.3, 0.4) is 0 Å². The molecule has 16 heavy (non-hydrogen) atoms. The third kappa shape index (κ3) is 2.05. The summed E-state index contributed by atoms with van der Waals surface area (Å²) in [5.41, 5.74) is 1.28. The van der Waals surface area contributed by atoms with Crippen LogP contribution < -0.4 is 0 Å². The maximum atomic E-state index is 6.31. The Hall–Kier alpha value is -0.700. The number of hydrogen-bond donors (Lipinski definition) is 0. The lowest BCUT2D eigenvalue weighted by Gasteiger charge is -2.31. The van der Waals surface area contributed by atoms with Gasteiger partial charge in [-0.1, -0.05) is 35.3 Å². The summed E-state index contributed by atoms with van der Waals surface area (Å²) in [7, 11) is 0. The van der Waals surface area contributed by atoms with E-state index in [0.29, 0.717) is 16.9 Å². The second kappa shape index (κ2) is 4.66. The monoisotopic (exact) mass is 274 g/mol. The highest BCUT2D eigenvalue weighted by Crippen LogP contribution is 2.39. The van der Waals surface area contributed by atoms with E-state index < -0.39 is 0 Å². The van der Waals surface area contributed by atoms with Crippen LogP contribution >= 0.6 is 34.8 Å². The molecule has 84 valence electrons. The van der Waals surface area contributed by atoms with Crippen LogP contribution in [-0.2, 0) is 0 Å². The largest absolute Gasteiger partial charge is 0.323 e. The van der Waals surface area contributed by atoms with Crippen LogP contribution in [0, 0.1) is 0 Å². The van der Waals surface area contributed by atoms with Gasteiger partial charge in [0.15, 0.2) is 0 Å². The molecular weight excluding hydrogens is 266 g/mol. The summed E-state index contributed by atoms with van der Waals surface area (Å²) in [6.07, 6.45) is 1.73. The Morgan fingerprint density at radius 1 is 1.44 bits per heavy atom. The van der Waals surface area contributed by atoms with E-state index >= 15 is 0 Å². The van der Waals surface area contributed by atoms with Crippen molar-refractivity contribution in [1.82, 2.24) is 4.90 Å². The molecule has 1 aliphatic rings. The topological polar surface area (TPSA) is 15.6 Å². The van der Waals surface area contributed by atoms with E-state index in [0.717, 1.165) is 11.3 Å². The number of alkyl halides is 1. The lowest BCUT2D eigenvalue weighted by molar-refractivity contribution is 0.439. The van der Waals surface area contributed by atoms with Crippen LogP contribution in [0.15, 0.2) is 35.8 Å². The maximum Gasteiger partial charge on any atom is 0.200 e. The molecule has 0 aliphatic carbocycles. The Morgan fingerprint density at radius 2 is 2.19 bits per heavy atom. The normalized spacial score (nSPS) is 19.1. The molecule has 1 unspecified atom stereocenters. The Bertz CT molecular complexity index is 457. The molecule has 0 N–H and O–H groups in total. The molecule has 2 rings (SSSR count). The Morgan fingerprint density at radius 3 is 2.88 bits per heavy atom. The van der Waals surface area contributed by atoms with Crippen molar-refractivity contribution >= 4 is 45.8 Å². The van der Waals surface area contributed by atoms with Gasteiger partial charge in [0.05, 0.1) is 5.69 Å². The standard InChI is InChI=1S/C11H9Cl3N2/c1-2-5-16-10(13)8-4-3-7(12)6-9(8)15-11(16)14/h2-4,6,10H,1,5H2. The van der Waals surface area contributed by atoms with Gasteiger partial charge in [-0.15, -0.1) is 6.58 Å². The van der Waals surface area contributed by atoms with E-state index in [9.17, 15) is 0 Å². The summed E-state index contributed by atoms with van der Waals surface area (Å²) in [5, 5.41) is 0.975. The molecule has 1 heterocycles. The molecule has 1 aromatic carbocycles. The summed E-state index contributed by atoms with van der Waals surface area (Å²) in [6.45, 7) is 4.21. The molecule has 0 amide bonds. The molecule has 0 saturated heterocycles. The smallest absolute Gasteiger partial charge is 0.200 e. The van der Waals surface area contributed by atoms with Gasteiger partial charge in [-0.05, 0) is 23.7 Å². The number of benzene rings is 1. The summed E-state index contributed by atoms with van der Waals surface area (Å²) in [6, 6.07) is 5.40. The fourth-order valence-corrected chi connectivity index (χ4v) is 2.38. The zero-order valence-electron chi connectivity index (χ0n) is 8.33. The summed E-state index contributed by atoms with van der Waals surface area (Å²) < 4.78 is 0. The minimum absolute atomic E-state index is 0.338. The molecule has 0 fully saturated rings. The van der Waals surface area contributed by atoms with Crippen LogP contribution in [-0.4, -0.2) is 16.7 Å². The SMILES string of the molecule is C=CCN1C(Cl)=Nc2cc(Cl)ccc2C1Cl. The van der Waals surface area contributed by atoms with Crippen LogP contribution in [0.5, 0.6) is 0 Å². The molecule has 1 aromatic rings. The predicted molar refractivity (Wildman–Crippen MR) is 69.9 cm³/mol. The fraction of sp³-hybridized carbons (Fsp3) is 0.182. The molecule has 0 spiro atoms. The first-order valence-corrected chi connectivity index (χ1v) is 5.88. The van der Waals surface area contributed by atoms with Crippen molar-refractivity contribution in [2.24, 2.45) is 4.99 Å². The summed E-state index contributed by atoms with van der Waals surface area (Å²) in [4.78, 5) is 6.00. The molecule has 1 atom stereocenters. The van der Waals surface area contributed by atoms with Crippen molar-refractivity contribution < 1.29 is 0 Å². The average molecular weight is 276 g/mol. The zero-order chi connectivity index (χ0) is 11.7. The van der Waals surface area contributed by atoms with Gasteiger partial charge >= 0.3 is 0 Å². The number of halogens is 3. The molecule has 2 nitrogen and oxygen atoms in total. The van der Waals surface area contributed by atoms with E-state index in [1.807, 2.05) is 6.07 Å². The minimum Gasteiger partial charge on any atom is -0.323 e. The number of nitrogens with zero attached hydrogens (tertiary/aromatic N) is 2. The highest BCUT2D eigenvalue weighted by Gasteiger charge is 2.26. The van der Waals surface area contributed by atoms with Crippen molar-refractivity contribution in [3.8, 4) is 0 Å². The van der Waals surface area contributed by atoms with Gasteiger partial charge in [0.25, 0.3) is 0 Å². The van der Waals surface area contributed by atoms with Gasteiger partial charge in [-0.2, -0.15) is 0 Å². The molecule has 0 bridgehead atoms. The van der Waals surface area contributed by atoms with Gasteiger partial charge in [0, 0.05) is 17.1 Å². The van der Waals surface area contributed by atoms with Gasteiger partial charge in [-0.25, -0.2) is 4.99 Å². The Kier molecular flexibility index (Phi) is 3.43. The highest BCUT2D eigenvalue weighted by atomic mass is 35.5. The number of aliphatic imine (C=N–C) groups is 1. The molecule has 0 radical (unpaired) electrons. The average Bonchev–Trinajstić information content (AvgIpc) is 2.23. The second-order valence-corrected chi connectivity index (χ2v) is 4.55. The van der Waals surface area contributed by atoms with E-state index in [2.05, 4.69) is 11.6 Å². The predicted octanol–water partition coefficient (Wildman–Crippen LogP) is 4.31. The van der Waals surface area contributed by atoms with E-state index in [1.165, 1.54) is 0 Å². The fourth-order valence-electron chi connectivity index (χ4n) is 1.55. The van der Waals surface area contributed by atoms with Crippen molar-refractivity contribution in [3.05, 3.63) is 41.4 Å². The van der Waals surface area contributed by atoms with Gasteiger partial charge < -0.3 is 4.90 Å². The molecule has 5 heteroatoms. The first-order valence-electron chi connectivity index (χ1n) is 4.68. The van der Waals surface area contributed by atoms with Crippen molar-refractivity contribution in [1.29, 1.82) is 0 Å². The molecular formula is C11H9Cl3N2. The number of rotatable bonds is 2. The first-order chi connectivity index (χ1) is 7.63. The number of fused-ring (bicyclic) bond motifs is 1. The van der Waals surface area contributed by atoms with Crippen LogP contribution in [0.4, 0.5) is 5.69 Å². The number of hydrogen-bond acceptors (Lipinski definition) is 2. The zero-order valence-corrected chi connectivity index (χ0v) is 10.6. The minimum atomic E-state index is -0.338. The van der Waals surface area contributed by atoms with Crippen LogP contribution in [0.1, 0.15) is 11.1 Å². The third-order valence-corrected chi connectivity index (χ3v) is 3.31. The highest BCUT2D eigenvalue weighted by molar-refractivity contribution is 6.65. The number of amidine groups is 1. The first kappa shape index (κ1) is 11.8. The summed E-state index contributed by atoms with van der Waals surface area (Å²) >= 11 is 18.2. The van der Waals surface area contributed by atoms with Crippen molar-refractivity contribution in [2.45, 2.75) is 5.50 Å². The second-order valence-electron chi connectivity index (χ2n) is 3.36. The molecule has 1 aliphatic heterocycles. The Balaban J connectivity index is 2.46. The van der Waals surface area contributed by atoms with Crippen molar-refractivity contribution in [2.75, 3.05) is 6.54 Å². The van der Waals surface area contributed by atoms with Crippen molar-refractivity contribution in [3.63, 3.8) is 0 Å². The third-order valence-electron chi connectivity index (χ3n) is 2.30. The van der Waals surface area contributed by atoms with E-state index in [1.54, 1.807) is 23.1 Å². The molecule has 0 aromatic heterocycles. The lowest BCUT2D eigenvalue weighted by atomic mass is 10.1. The summed E-state index contributed by atoms with van der Waals surface area (Å²) in [5.74, 6) is 0. The van der Waals surface area contributed by atoms with Crippen LogP contribution in [0.25, 0.3) is 0 Å². The Labute approximate surface area is 109 Å². The lowest BCUT2D eigenvalue weighted by Crippen LogP contribution is -2.31. The van der Waals surface area contributed by atoms with E-state index in [-0.39, 0.29) is 5.50 Å². The van der Waals surface area contributed by atoms with Crippen LogP contribution in [0.2, 0.25) is 5.02 Å². The maximum absolute atomic E-state index is 6.31. The van der Waals surface area contributed by atoms with E-state index in [4.69, 9.17) is 34.8 Å².